The minimum atomic E-state index is -3.55. The molecular formula is C20H24N2O4S. The lowest BCUT2D eigenvalue weighted by Crippen LogP contribution is -2.33. The Balaban J connectivity index is 1.75. The van der Waals surface area contributed by atoms with Crippen LogP contribution in [0, 0.1) is 0 Å². The Morgan fingerprint density at radius 3 is 2.48 bits per heavy atom. The third-order valence-corrected chi connectivity index (χ3v) is 6.81. The van der Waals surface area contributed by atoms with Crippen LogP contribution in [-0.4, -0.2) is 38.3 Å². The summed E-state index contributed by atoms with van der Waals surface area (Å²) in [5, 5.41) is 2.81. The van der Waals surface area contributed by atoms with Gasteiger partial charge >= 0.3 is 0 Å². The van der Waals surface area contributed by atoms with E-state index in [1.54, 1.807) is 19.2 Å². The lowest BCUT2D eigenvalue weighted by atomic mass is 9.97. The van der Waals surface area contributed by atoms with Gasteiger partial charge < -0.3 is 10.1 Å². The molecule has 0 saturated carbocycles. The number of benzene rings is 2. The molecular weight excluding hydrogens is 364 g/mol. The first-order valence-corrected chi connectivity index (χ1v) is 10.3. The molecule has 6 nitrogen and oxygen atoms in total. The van der Waals surface area contributed by atoms with Gasteiger partial charge in [-0.15, -0.1) is 0 Å². The Hall–Kier alpha value is -2.22. The Morgan fingerprint density at radius 1 is 1.15 bits per heavy atom. The smallest absolute Gasteiger partial charge is 0.258 e. The van der Waals surface area contributed by atoms with Crippen molar-refractivity contribution in [3.8, 4) is 0 Å². The zero-order valence-corrected chi connectivity index (χ0v) is 16.5. The number of sulfonamides is 1. The lowest BCUT2D eigenvalue weighted by molar-refractivity contribution is -0.128. The minimum absolute atomic E-state index is 0.141. The van der Waals surface area contributed by atoms with E-state index in [4.69, 9.17) is 4.74 Å². The highest BCUT2D eigenvalue weighted by atomic mass is 32.2. The average molecular weight is 388 g/mol. The van der Waals surface area contributed by atoms with Crippen molar-refractivity contribution in [2.45, 2.75) is 37.3 Å². The second-order valence-electron chi connectivity index (χ2n) is 6.83. The highest BCUT2D eigenvalue weighted by Gasteiger charge is 2.27. The Bertz CT molecular complexity index is 923. The lowest BCUT2D eigenvalue weighted by Gasteiger charge is -2.25. The zero-order chi connectivity index (χ0) is 19.6. The van der Waals surface area contributed by atoms with Crippen LogP contribution in [0.3, 0.4) is 0 Å². The van der Waals surface area contributed by atoms with E-state index in [0.29, 0.717) is 12.3 Å². The van der Waals surface area contributed by atoms with Gasteiger partial charge in [0.15, 0.2) is 6.10 Å². The maximum Gasteiger partial charge on any atom is 0.258 e. The topological polar surface area (TPSA) is 75.7 Å². The highest BCUT2D eigenvalue weighted by Crippen LogP contribution is 2.28. The number of amides is 1. The summed E-state index contributed by atoms with van der Waals surface area (Å²) in [5.74, 6) is -0.267. The molecule has 3 rings (SSSR count). The van der Waals surface area contributed by atoms with Gasteiger partial charge in [-0.25, -0.2) is 8.42 Å². The van der Waals surface area contributed by atoms with E-state index in [-0.39, 0.29) is 16.8 Å². The summed E-state index contributed by atoms with van der Waals surface area (Å²) in [4.78, 5) is 12.8. The number of hydrogen-bond acceptors (Lipinski definition) is 4. The normalized spacial score (nSPS) is 17.0. The van der Waals surface area contributed by atoms with Crippen LogP contribution in [0.15, 0.2) is 53.4 Å². The largest absolute Gasteiger partial charge is 0.363 e. The molecule has 2 aromatic carbocycles. The van der Waals surface area contributed by atoms with Gasteiger partial charge in [-0.2, -0.15) is 4.31 Å². The van der Waals surface area contributed by atoms with Crippen molar-refractivity contribution in [3.05, 3.63) is 59.7 Å². The molecule has 0 aliphatic carbocycles. The standard InChI is InChI=1S/C20H24N2O4S/c1-14(2)22(3)27(24,25)17-10-8-16(9-11-17)21-20(23)19-18-7-5-4-6-15(18)12-13-26-19/h4-11,14,19H,12-13H2,1-3H3,(H,21,23). The van der Waals surface area contributed by atoms with Gasteiger partial charge in [-0.05, 0) is 55.7 Å². The van der Waals surface area contributed by atoms with Crippen LogP contribution in [0.2, 0.25) is 0 Å². The van der Waals surface area contributed by atoms with Crippen LogP contribution in [-0.2, 0) is 26.0 Å². The van der Waals surface area contributed by atoms with Crippen LogP contribution in [0.5, 0.6) is 0 Å². The molecule has 0 fully saturated rings. The van der Waals surface area contributed by atoms with Crippen molar-refractivity contribution in [1.29, 1.82) is 0 Å². The zero-order valence-electron chi connectivity index (χ0n) is 15.7. The molecule has 2 aromatic rings. The summed E-state index contributed by atoms with van der Waals surface area (Å²) < 4.78 is 32.0. The number of fused-ring (bicyclic) bond motifs is 1. The maximum absolute atomic E-state index is 12.6. The molecule has 1 amide bonds. The molecule has 7 heteroatoms. The summed E-state index contributed by atoms with van der Waals surface area (Å²) in [6.45, 7) is 4.12. The van der Waals surface area contributed by atoms with Gasteiger partial charge in [-0.1, -0.05) is 24.3 Å². The Morgan fingerprint density at radius 2 is 1.81 bits per heavy atom. The summed E-state index contributed by atoms with van der Waals surface area (Å²) in [5.41, 5.74) is 2.51. The molecule has 1 aliphatic heterocycles. The van der Waals surface area contributed by atoms with E-state index in [1.165, 1.54) is 16.4 Å². The van der Waals surface area contributed by atoms with E-state index in [9.17, 15) is 13.2 Å². The van der Waals surface area contributed by atoms with Gasteiger partial charge in [0.25, 0.3) is 5.91 Å². The van der Waals surface area contributed by atoms with Crippen molar-refractivity contribution in [1.82, 2.24) is 4.31 Å². The molecule has 1 N–H and O–H groups in total. The van der Waals surface area contributed by atoms with Crippen molar-refractivity contribution in [2.24, 2.45) is 0 Å². The van der Waals surface area contributed by atoms with Crippen LogP contribution < -0.4 is 5.32 Å². The SMILES string of the molecule is CC(C)N(C)S(=O)(=O)c1ccc(NC(=O)C2OCCc3ccccc32)cc1. The van der Waals surface area contributed by atoms with Gasteiger partial charge in [0.2, 0.25) is 10.0 Å². The number of hydrogen-bond donors (Lipinski definition) is 1. The summed E-state index contributed by atoms with van der Waals surface area (Å²) in [7, 11) is -2.00. The van der Waals surface area contributed by atoms with Crippen LogP contribution in [0.25, 0.3) is 0 Å². The molecule has 1 atom stereocenters. The van der Waals surface area contributed by atoms with Crippen molar-refractivity contribution >= 4 is 21.6 Å². The molecule has 0 saturated heterocycles. The number of anilines is 1. The predicted molar refractivity (Wildman–Crippen MR) is 104 cm³/mol. The molecule has 1 heterocycles. The fourth-order valence-corrected chi connectivity index (χ4v) is 4.34. The van der Waals surface area contributed by atoms with E-state index in [1.807, 2.05) is 38.1 Å². The molecule has 0 aromatic heterocycles. The fraction of sp³-hybridized carbons (Fsp3) is 0.350. The minimum Gasteiger partial charge on any atom is -0.363 e. The van der Waals surface area contributed by atoms with E-state index in [0.717, 1.165) is 17.5 Å². The number of nitrogens with zero attached hydrogens (tertiary/aromatic N) is 1. The van der Waals surface area contributed by atoms with E-state index < -0.39 is 16.1 Å². The summed E-state index contributed by atoms with van der Waals surface area (Å²) in [6, 6.07) is 13.8. The van der Waals surface area contributed by atoms with Crippen molar-refractivity contribution in [3.63, 3.8) is 0 Å². The fourth-order valence-electron chi connectivity index (χ4n) is 2.97. The molecule has 144 valence electrons. The average Bonchev–Trinajstić information content (AvgIpc) is 2.67. The van der Waals surface area contributed by atoms with Gasteiger partial charge in [-0.3, -0.25) is 4.79 Å². The first-order valence-electron chi connectivity index (χ1n) is 8.89. The quantitative estimate of drug-likeness (QED) is 0.854. The number of carbonyl (C=O) groups is 1. The second-order valence-corrected chi connectivity index (χ2v) is 8.83. The number of rotatable bonds is 5. The first-order chi connectivity index (χ1) is 12.8. The number of carbonyl (C=O) groups excluding carboxylic acids is 1. The molecule has 0 spiro atoms. The maximum atomic E-state index is 12.6. The predicted octanol–water partition coefficient (Wildman–Crippen LogP) is 2.97. The monoisotopic (exact) mass is 388 g/mol. The first kappa shape index (κ1) is 19.5. The molecule has 27 heavy (non-hydrogen) atoms. The Kier molecular flexibility index (Phi) is 5.64. The van der Waals surface area contributed by atoms with E-state index >= 15 is 0 Å². The van der Waals surface area contributed by atoms with Crippen LogP contribution in [0.1, 0.15) is 31.1 Å². The Labute approximate surface area is 160 Å². The van der Waals surface area contributed by atoms with Gasteiger partial charge in [0.05, 0.1) is 11.5 Å². The molecule has 0 bridgehead atoms. The van der Waals surface area contributed by atoms with Gasteiger partial charge in [0.1, 0.15) is 0 Å². The van der Waals surface area contributed by atoms with Crippen LogP contribution in [0.4, 0.5) is 5.69 Å². The third-order valence-electron chi connectivity index (χ3n) is 4.76. The molecule has 0 radical (unpaired) electrons. The van der Waals surface area contributed by atoms with E-state index in [2.05, 4.69) is 5.32 Å². The summed E-state index contributed by atoms with van der Waals surface area (Å²) in [6.07, 6.45) is 0.126. The third kappa shape index (κ3) is 4.05. The van der Waals surface area contributed by atoms with Gasteiger partial charge in [0, 0.05) is 18.8 Å². The molecule has 1 aliphatic rings. The highest BCUT2D eigenvalue weighted by molar-refractivity contribution is 7.89. The molecule has 1 unspecified atom stereocenters. The summed E-state index contributed by atoms with van der Waals surface area (Å²) >= 11 is 0. The van der Waals surface area contributed by atoms with Crippen molar-refractivity contribution in [2.75, 3.05) is 19.0 Å². The number of ether oxygens (including phenoxy) is 1. The van der Waals surface area contributed by atoms with Crippen molar-refractivity contribution < 1.29 is 17.9 Å². The number of nitrogens with one attached hydrogen (secondary N) is 1. The van der Waals surface area contributed by atoms with Crippen LogP contribution >= 0.6 is 0 Å². The second kappa shape index (κ2) is 7.80.